The second-order valence-corrected chi connectivity index (χ2v) is 6.30. The normalized spacial score (nSPS) is 14.2. The highest BCUT2D eigenvalue weighted by Gasteiger charge is 2.23. The van der Waals surface area contributed by atoms with Gasteiger partial charge < -0.3 is 10.8 Å². The van der Waals surface area contributed by atoms with Crippen LogP contribution in [0.5, 0.6) is 0 Å². The van der Waals surface area contributed by atoms with Gasteiger partial charge in [0, 0.05) is 17.2 Å². The fraction of sp³-hybridized carbons (Fsp3) is 0.222. The lowest BCUT2D eigenvalue weighted by Crippen LogP contribution is -2.20. The average molecular weight is 297 g/mol. The van der Waals surface area contributed by atoms with Crippen molar-refractivity contribution in [2.45, 2.75) is 18.9 Å². The molecular weight excluding hydrogens is 278 g/mol. The van der Waals surface area contributed by atoms with Crippen LogP contribution in [-0.4, -0.2) is 11.7 Å². The van der Waals surface area contributed by atoms with Crippen LogP contribution in [0.1, 0.15) is 28.7 Å². The Kier molecular flexibility index (Phi) is 4.06. The van der Waals surface area contributed by atoms with E-state index in [1.54, 1.807) is 11.3 Å². The summed E-state index contributed by atoms with van der Waals surface area (Å²) in [5, 5.41) is 14.0. The van der Waals surface area contributed by atoms with E-state index < -0.39 is 6.10 Å². The number of nitrogens with two attached hydrogens (primary N) is 1. The van der Waals surface area contributed by atoms with Gasteiger partial charge in [0.25, 0.3) is 0 Å². The molecule has 0 spiro atoms. The average Bonchev–Trinajstić information content (AvgIpc) is 2.92. The molecule has 0 bridgehead atoms. The van der Waals surface area contributed by atoms with Gasteiger partial charge in [-0.2, -0.15) is 0 Å². The summed E-state index contributed by atoms with van der Waals surface area (Å²) in [4.78, 5) is 0. The Labute approximate surface area is 128 Å². The van der Waals surface area contributed by atoms with Crippen molar-refractivity contribution in [3.8, 4) is 0 Å². The summed E-state index contributed by atoms with van der Waals surface area (Å²) >= 11 is 1.67. The molecule has 2 unspecified atom stereocenters. The summed E-state index contributed by atoms with van der Waals surface area (Å²) < 4.78 is 1.20. The summed E-state index contributed by atoms with van der Waals surface area (Å²) in [5.74, 6) is -0.0806. The smallest absolute Gasteiger partial charge is 0.0884 e. The Hall–Kier alpha value is -1.68. The number of hydrogen-bond acceptors (Lipinski definition) is 3. The monoisotopic (exact) mass is 297 g/mol. The van der Waals surface area contributed by atoms with Crippen LogP contribution in [-0.2, 0) is 0 Å². The van der Waals surface area contributed by atoms with Crippen molar-refractivity contribution in [2.75, 3.05) is 6.54 Å². The number of aliphatic hydroxyl groups excluding tert-OH is 1. The van der Waals surface area contributed by atoms with Crippen molar-refractivity contribution < 1.29 is 5.11 Å². The molecule has 0 aliphatic carbocycles. The largest absolute Gasteiger partial charge is 0.388 e. The quantitative estimate of drug-likeness (QED) is 0.765. The third-order valence-corrected chi connectivity index (χ3v) is 4.92. The number of aryl methyl sites for hydroxylation is 1. The third-order valence-electron chi connectivity index (χ3n) is 3.93. The van der Waals surface area contributed by atoms with Gasteiger partial charge >= 0.3 is 0 Å². The first kappa shape index (κ1) is 14.3. The molecule has 0 saturated heterocycles. The zero-order valence-corrected chi connectivity index (χ0v) is 12.8. The molecular formula is C18H19NOS. The molecule has 0 radical (unpaired) electrons. The van der Waals surface area contributed by atoms with E-state index in [-0.39, 0.29) is 5.92 Å². The van der Waals surface area contributed by atoms with Crippen molar-refractivity contribution in [1.29, 1.82) is 0 Å². The number of hydrogen-bond donors (Lipinski definition) is 2. The summed E-state index contributed by atoms with van der Waals surface area (Å²) in [6, 6.07) is 16.4. The lowest BCUT2D eigenvalue weighted by atomic mass is 9.88. The van der Waals surface area contributed by atoms with Crippen LogP contribution < -0.4 is 5.73 Å². The minimum Gasteiger partial charge on any atom is -0.388 e. The van der Waals surface area contributed by atoms with Gasteiger partial charge in [-0.05, 0) is 34.9 Å². The fourth-order valence-corrected chi connectivity index (χ4v) is 3.78. The molecule has 108 valence electrons. The number of benzene rings is 2. The molecule has 21 heavy (non-hydrogen) atoms. The van der Waals surface area contributed by atoms with Gasteiger partial charge in [-0.1, -0.05) is 48.0 Å². The maximum absolute atomic E-state index is 10.8. The summed E-state index contributed by atoms with van der Waals surface area (Å²) in [7, 11) is 0. The van der Waals surface area contributed by atoms with Crippen LogP contribution in [0.15, 0.2) is 53.9 Å². The van der Waals surface area contributed by atoms with Gasteiger partial charge in [0.05, 0.1) is 6.10 Å². The van der Waals surface area contributed by atoms with Crippen LogP contribution in [0.25, 0.3) is 10.1 Å². The molecule has 1 heterocycles. The standard InChI is InChI=1S/C18H19NOS/c1-12-5-4-6-13(9-12)15(10-19)18(20)16-11-21-17-8-3-2-7-14(16)17/h2-9,11,15,18,20H,10,19H2,1H3. The SMILES string of the molecule is Cc1cccc(C(CN)C(O)c2csc3ccccc23)c1. The van der Waals surface area contributed by atoms with Gasteiger partial charge in [-0.3, -0.25) is 0 Å². The Bertz CT molecular complexity index is 750. The summed E-state index contributed by atoms with van der Waals surface area (Å²) in [6.45, 7) is 2.48. The van der Waals surface area contributed by atoms with Gasteiger partial charge in [-0.25, -0.2) is 0 Å². The zero-order chi connectivity index (χ0) is 14.8. The molecule has 2 aromatic carbocycles. The Morgan fingerprint density at radius 2 is 1.95 bits per heavy atom. The molecule has 3 N–H and O–H groups in total. The number of fused-ring (bicyclic) bond motifs is 1. The highest BCUT2D eigenvalue weighted by molar-refractivity contribution is 7.17. The Balaban J connectivity index is 2.01. The molecule has 3 heteroatoms. The van der Waals surface area contributed by atoms with Crippen LogP contribution in [0.4, 0.5) is 0 Å². The molecule has 1 aromatic heterocycles. The lowest BCUT2D eigenvalue weighted by molar-refractivity contribution is 0.149. The maximum atomic E-state index is 10.8. The second-order valence-electron chi connectivity index (χ2n) is 5.39. The first-order valence-corrected chi connectivity index (χ1v) is 7.99. The van der Waals surface area contributed by atoms with E-state index >= 15 is 0 Å². The first-order valence-electron chi connectivity index (χ1n) is 7.11. The van der Waals surface area contributed by atoms with Gasteiger partial charge in [-0.15, -0.1) is 11.3 Å². The van der Waals surface area contributed by atoms with E-state index in [9.17, 15) is 5.11 Å². The molecule has 0 saturated carbocycles. The van der Waals surface area contributed by atoms with E-state index in [1.165, 1.54) is 10.3 Å². The van der Waals surface area contributed by atoms with E-state index in [1.807, 2.05) is 29.6 Å². The Morgan fingerprint density at radius 3 is 2.71 bits per heavy atom. The molecule has 0 aliphatic heterocycles. The van der Waals surface area contributed by atoms with Crippen LogP contribution in [0.3, 0.4) is 0 Å². The van der Waals surface area contributed by atoms with Crippen molar-refractivity contribution in [3.63, 3.8) is 0 Å². The number of rotatable bonds is 4. The predicted molar refractivity (Wildman–Crippen MR) is 89.8 cm³/mol. The number of aliphatic hydroxyl groups is 1. The molecule has 2 atom stereocenters. The molecule has 3 aromatic rings. The summed E-state index contributed by atoms with van der Waals surface area (Å²) in [5.41, 5.74) is 9.21. The molecule has 2 nitrogen and oxygen atoms in total. The third kappa shape index (κ3) is 2.72. The van der Waals surface area contributed by atoms with Crippen LogP contribution in [0, 0.1) is 6.92 Å². The molecule has 0 aliphatic rings. The van der Waals surface area contributed by atoms with Crippen LogP contribution >= 0.6 is 11.3 Å². The predicted octanol–water partition coefficient (Wildman–Crippen LogP) is 3.99. The van der Waals surface area contributed by atoms with Crippen molar-refractivity contribution in [2.24, 2.45) is 5.73 Å². The zero-order valence-electron chi connectivity index (χ0n) is 12.0. The lowest BCUT2D eigenvalue weighted by Gasteiger charge is -2.22. The minimum atomic E-state index is -0.576. The topological polar surface area (TPSA) is 46.2 Å². The molecule has 0 amide bonds. The highest BCUT2D eigenvalue weighted by Crippen LogP contribution is 2.37. The summed E-state index contributed by atoms with van der Waals surface area (Å²) in [6.07, 6.45) is -0.576. The maximum Gasteiger partial charge on any atom is 0.0884 e. The molecule has 3 rings (SSSR count). The fourth-order valence-electron chi connectivity index (χ4n) is 2.79. The Morgan fingerprint density at radius 1 is 1.14 bits per heavy atom. The molecule has 0 fully saturated rings. The van der Waals surface area contributed by atoms with E-state index in [0.717, 1.165) is 16.5 Å². The van der Waals surface area contributed by atoms with Gasteiger partial charge in [0.15, 0.2) is 0 Å². The first-order chi connectivity index (χ1) is 10.2. The van der Waals surface area contributed by atoms with E-state index in [0.29, 0.717) is 6.54 Å². The van der Waals surface area contributed by atoms with Crippen molar-refractivity contribution in [3.05, 3.63) is 70.6 Å². The minimum absolute atomic E-state index is 0.0806. The van der Waals surface area contributed by atoms with Gasteiger partial charge in [0.1, 0.15) is 0 Å². The number of thiophene rings is 1. The van der Waals surface area contributed by atoms with Gasteiger partial charge in [0.2, 0.25) is 0 Å². The van der Waals surface area contributed by atoms with Crippen molar-refractivity contribution >= 4 is 21.4 Å². The van der Waals surface area contributed by atoms with E-state index in [2.05, 4.69) is 31.2 Å². The van der Waals surface area contributed by atoms with E-state index in [4.69, 9.17) is 5.73 Å². The van der Waals surface area contributed by atoms with Crippen molar-refractivity contribution in [1.82, 2.24) is 0 Å². The second kappa shape index (κ2) is 5.98. The van der Waals surface area contributed by atoms with Crippen LogP contribution in [0.2, 0.25) is 0 Å². The highest BCUT2D eigenvalue weighted by atomic mass is 32.1.